The Kier molecular flexibility index (Phi) is 7.54. The van der Waals surface area contributed by atoms with E-state index in [0.29, 0.717) is 6.42 Å². The van der Waals surface area contributed by atoms with E-state index in [1.54, 1.807) is 0 Å². The number of allylic oxidation sites excluding steroid dienone is 6. The Morgan fingerprint density at radius 3 is 2.11 bits per heavy atom. The van der Waals surface area contributed by atoms with Crippen LogP contribution >= 0.6 is 0 Å². The van der Waals surface area contributed by atoms with Crippen molar-refractivity contribution in [3.8, 4) is 34.1 Å². The summed E-state index contributed by atoms with van der Waals surface area (Å²) in [6.45, 7) is 4.40. The van der Waals surface area contributed by atoms with Gasteiger partial charge in [0, 0.05) is 46.1 Å². The van der Waals surface area contributed by atoms with Gasteiger partial charge in [-0.3, -0.25) is 0 Å². The Hall–Kier alpha value is -6.74. The van der Waals surface area contributed by atoms with Crippen LogP contribution in [0.2, 0.25) is 0 Å². The van der Waals surface area contributed by atoms with Gasteiger partial charge in [0.25, 0.3) is 0 Å². The summed E-state index contributed by atoms with van der Waals surface area (Å²) in [6, 6.07) is 54.0. The summed E-state index contributed by atoms with van der Waals surface area (Å²) in [5, 5.41) is 0. The molecule has 0 radical (unpaired) electrons. The number of hydrogen-bond acceptors (Lipinski definition) is 2. The molecule has 1 unspecified atom stereocenters. The van der Waals surface area contributed by atoms with Crippen LogP contribution in [0.3, 0.4) is 0 Å². The molecule has 256 valence electrons. The predicted molar refractivity (Wildman–Crippen MR) is 223 cm³/mol. The van der Waals surface area contributed by atoms with Crippen molar-refractivity contribution < 1.29 is 0 Å². The van der Waals surface area contributed by atoms with Gasteiger partial charge in [-0.15, -0.1) is 0 Å². The molecular weight excluding hydrogens is 653 g/mol. The van der Waals surface area contributed by atoms with Gasteiger partial charge in [0.05, 0.1) is 5.41 Å². The lowest BCUT2D eigenvalue weighted by Gasteiger charge is -2.33. The average molecular weight is 691 g/mol. The van der Waals surface area contributed by atoms with Crippen LogP contribution in [0.5, 0.6) is 0 Å². The van der Waals surface area contributed by atoms with Crippen LogP contribution < -0.4 is 9.80 Å². The number of aryl methyl sites for hydroxylation is 1. The molecule has 2 nitrogen and oxygen atoms in total. The molecule has 0 N–H and O–H groups in total. The van der Waals surface area contributed by atoms with Gasteiger partial charge < -0.3 is 9.80 Å². The van der Waals surface area contributed by atoms with E-state index in [1.165, 1.54) is 55.8 Å². The van der Waals surface area contributed by atoms with E-state index in [0.717, 1.165) is 46.9 Å². The predicted octanol–water partition coefficient (Wildman–Crippen LogP) is 12.7. The van der Waals surface area contributed by atoms with Crippen molar-refractivity contribution in [2.45, 2.75) is 38.5 Å². The lowest BCUT2D eigenvalue weighted by Crippen LogP contribution is -2.27. The first-order valence-electron chi connectivity index (χ1n) is 18.9. The van der Waals surface area contributed by atoms with Gasteiger partial charge in [0.15, 0.2) is 0 Å². The second-order valence-electron chi connectivity index (χ2n) is 14.6. The van der Waals surface area contributed by atoms with E-state index in [-0.39, 0.29) is 0 Å². The maximum atomic E-state index is 3.71. The summed E-state index contributed by atoms with van der Waals surface area (Å²) in [5.41, 5.74) is 18.8. The number of fused-ring (bicyclic) bond motifs is 10. The molecule has 0 saturated carbocycles. The molecule has 6 aromatic rings. The molecule has 4 aliphatic rings. The highest BCUT2D eigenvalue weighted by Gasteiger charge is 2.52. The van der Waals surface area contributed by atoms with E-state index in [2.05, 4.69) is 193 Å². The van der Waals surface area contributed by atoms with Crippen LogP contribution in [0.4, 0.5) is 22.7 Å². The van der Waals surface area contributed by atoms with E-state index in [1.807, 2.05) is 12.1 Å². The highest BCUT2D eigenvalue weighted by molar-refractivity contribution is 5.97. The minimum Gasteiger partial charge on any atom is -0.311 e. The third-order valence-corrected chi connectivity index (χ3v) is 11.3. The fourth-order valence-electron chi connectivity index (χ4n) is 9.09. The van der Waals surface area contributed by atoms with Gasteiger partial charge in [-0.25, -0.2) is 0 Å². The molecule has 10 rings (SSSR count). The van der Waals surface area contributed by atoms with Crippen LogP contribution in [-0.2, 0) is 5.41 Å². The first-order valence-corrected chi connectivity index (χ1v) is 18.9. The summed E-state index contributed by atoms with van der Waals surface area (Å²) >= 11 is 0. The molecule has 1 spiro atoms. The molecule has 0 saturated heterocycles. The van der Waals surface area contributed by atoms with Crippen LogP contribution in [0.1, 0.15) is 54.0 Å². The summed E-state index contributed by atoms with van der Waals surface area (Å²) in [4.78, 5) is 4.81. The Morgan fingerprint density at radius 1 is 0.593 bits per heavy atom. The fourth-order valence-corrected chi connectivity index (χ4v) is 9.09. The zero-order valence-electron chi connectivity index (χ0n) is 30.5. The minimum atomic E-state index is -0.593. The molecule has 2 heteroatoms. The Labute approximate surface area is 318 Å². The van der Waals surface area contributed by atoms with Gasteiger partial charge >= 0.3 is 0 Å². The quantitative estimate of drug-likeness (QED) is 0.160. The highest BCUT2D eigenvalue weighted by Crippen LogP contribution is 2.63. The van der Waals surface area contributed by atoms with E-state index in [4.69, 9.17) is 0 Å². The SMILES string of the molecule is CC1=CC(N(C2=CCC#CC=C2)c2ccc3c(c2)C2(c4c#cccc4-c4ccccc42)c2cc(N(c4ccccc4)c4cccc(C)c4)ccc2-3)=CCC1. The van der Waals surface area contributed by atoms with Gasteiger partial charge in [-0.1, -0.05) is 102 Å². The molecule has 0 aliphatic heterocycles. The first-order chi connectivity index (χ1) is 26.6. The molecule has 0 fully saturated rings. The summed E-state index contributed by atoms with van der Waals surface area (Å²) in [7, 11) is 0. The summed E-state index contributed by atoms with van der Waals surface area (Å²) in [5.74, 6) is 6.46. The maximum absolute atomic E-state index is 3.71. The zero-order valence-corrected chi connectivity index (χ0v) is 30.5. The number of rotatable bonds is 6. The molecular formula is C52H38N2. The van der Waals surface area contributed by atoms with Crippen molar-refractivity contribution in [2.75, 3.05) is 9.80 Å². The Bertz CT molecular complexity index is 2630. The van der Waals surface area contributed by atoms with Crippen LogP contribution in [-0.4, -0.2) is 0 Å². The molecule has 6 aromatic carbocycles. The lowest BCUT2D eigenvalue weighted by molar-refractivity contribution is 0.793. The van der Waals surface area contributed by atoms with Gasteiger partial charge in [0.2, 0.25) is 0 Å². The first kappa shape index (κ1) is 32.0. The van der Waals surface area contributed by atoms with E-state index < -0.39 is 5.41 Å². The smallest absolute Gasteiger partial charge is 0.0806 e. The Balaban J connectivity index is 1.25. The van der Waals surface area contributed by atoms with E-state index >= 15 is 0 Å². The second kappa shape index (κ2) is 12.7. The summed E-state index contributed by atoms with van der Waals surface area (Å²) < 4.78 is 0. The third-order valence-electron chi connectivity index (χ3n) is 11.3. The largest absolute Gasteiger partial charge is 0.311 e. The standard InChI is InChI=1S/C52H38N2/c1-36-16-14-22-40(32-36)53(38-18-6-3-4-7-19-38)42-28-30-46-47-31-29-43(54(39-20-8-5-9-21-39)41-23-15-17-37(2)33-41)35-51(47)52(50(46)34-42)48-26-12-10-24-44(48)45-25-11-13-27-49(45)52/h5-6,8-12,15,17-26,28-35H,7,14,16H2,1-2H3. The topological polar surface area (TPSA) is 6.48 Å². The van der Waals surface area contributed by atoms with Crippen molar-refractivity contribution in [3.05, 3.63) is 215 Å². The van der Waals surface area contributed by atoms with Crippen molar-refractivity contribution in [1.29, 1.82) is 0 Å². The second-order valence-corrected chi connectivity index (χ2v) is 14.6. The van der Waals surface area contributed by atoms with Crippen LogP contribution in [0, 0.1) is 30.9 Å². The maximum Gasteiger partial charge on any atom is 0.0806 e. The monoisotopic (exact) mass is 690 g/mol. The van der Waals surface area contributed by atoms with Crippen LogP contribution in [0.25, 0.3) is 22.3 Å². The zero-order chi connectivity index (χ0) is 36.2. The Morgan fingerprint density at radius 2 is 1.31 bits per heavy atom. The highest BCUT2D eigenvalue weighted by atomic mass is 15.2. The molecule has 54 heavy (non-hydrogen) atoms. The lowest BCUT2D eigenvalue weighted by atomic mass is 9.70. The number of hydrogen-bond donors (Lipinski definition) is 0. The van der Waals surface area contributed by atoms with Crippen molar-refractivity contribution in [2.24, 2.45) is 0 Å². The molecule has 0 bridgehead atoms. The van der Waals surface area contributed by atoms with Crippen molar-refractivity contribution in [3.63, 3.8) is 0 Å². The normalized spacial score (nSPS) is 15.3. The average Bonchev–Trinajstić information content (AvgIpc) is 3.49. The number of nitrogens with zero attached hydrogens (tertiary/aromatic N) is 2. The molecule has 0 amide bonds. The molecule has 1 atom stereocenters. The number of anilines is 4. The number of benzene rings is 5. The van der Waals surface area contributed by atoms with Crippen molar-refractivity contribution >= 4 is 22.7 Å². The number of para-hydroxylation sites is 1. The van der Waals surface area contributed by atoms with Gasteiger partial charge in [-0.2, -0.15) is 0 Å². The molecule has 0 aromatic heterocycles. The third kappa shape index (κ3) is 4.92. The van der Waals surface area contributed by atoms with E-state index in [9.17, 15) is 0 Å². The van der Waals surface area contributed by atoms with Gasteiger partial charge in [0.1, 0.15) is 0 Å². The fraction of sp³-hybridized carbons (Fsp3) is 0.115. The summed E-state index contributed by atoms with van der Waals surface area (Å²) in [6.07, 6.45) is 13.9. The van der Waals surface area contributed by atoms with Crippen LogP contribution in [0.15, 0.2) is 175 Å². The minimum absolute atomic E-state index is 0.593. The van der Waals surface area contributed by atoms with Crippen molar-refractivity contribution in [1.82, 2.24) is 0 Å². The molecule has 4 aliphatic carbocycles. The molecule has 0 heterocycles. The van der Waals surface area contributed by atoms with Gasteiger partial charge in [-0.05, 0) is 156 Å².